The fraction of sp³-hybridized carbons (Fsp3) is 0.417. The number of benzene rings is 2. The molecule has 7 heteroatoms. The van der Waals surface area contributed by atoms with Gasteiger partial charge in [-0.3, -0.25) is 4.79 Å². The second-order valence-corrected chi connectivity index (χ2v) is 9.72. The van der Waals surface area contributed by atoms with Gasteiger partial charge in [0, 0.05) is 34.8 Å². The monoisotopic (exact) mass is 441 g/mol. The van der Waals surface area contributed by atoms with Gasteiger partial charge < -0.3 is 9.88 Å². The highest BCUT2D eigenvalue weighted by Gasteiger charge is 2.61. The van der Waals surface area contributed by atoms with E-state index in [0.717, 1.165) is 18.9 Å². The molecule has 6 rings (SSSR count). The Bertz CT molecular complexity index is 1160. The van der Waals surface area contributed by atoms with Gasteiger partial charge in [-0.05, 0) is 73.6 Å². The zero-order chi connectivity index (χ0) is 21.3. The molecule has 3 aliphatic carbocycles. The standard InChI is InChI=1S/C24H22ClF2N3O/c25-14-5-3-13(4-6-14)24(31)29-23(12-1-2-12)22-16-7-15(8-17(16)22)30-11-28-20-9-18(26)19(27)10-21(20)30/h3-6,9-12,15-17,22-23H,1-2,7-8H2,(H,29,31)/t15-,16-,17+,22+,23?. The van der Waals surface area contributed by atoms with Gasteiger partial charge >= 0.3 is 0 Å². The van der Waals surface area contributed by atoms with E-state index in [1.807, 2.05) is 4.57 Å². The van der Waals surface area contributed by atoms with Crippen molar-refractivity contribution >= 4 is 28.5 Å². The van der Waals surface area contributed by atoms with Crippen LogP contribution in [0.3, 0.4) is 0 Å². The Morgan fingerprint density at radius 1 is 1.10 bits per heavy atom. The Morgan fingerprint density at radius 3 is 2.45 bits per heavy atom. The number of hydrogen-bond donors (Lipinski definition) is 1. The summed E-state index contributed by atoms with van der Waals surface area (Å²) in [5, 5.41) is 3.92. The molecule has 4 nitrogen and oxygen atoms in total. The van der Waals surface area contributed by atoms with Gasteiger partial charge in [-0.25, -0.2) is 13.8 Å². The first-order chi connectivity index (χ1) is 15.0. The number of halogens is 3. The van der Waals surface area contributed by atoms with Crippen molar-refractivity contribution in [3.8, 4) is 0 Å². The normalized spacial score (nSPS) is 27.8. The Hall–Kier alpha value is -2.47. The first kappa shape index (κ1) is 19.2. The lowest BCUT2D eigenvalue weighted by molar-refractivity contribution is 0.0921. The number of imidazole rings is 1. The van der Waals surface area contributed by atoms with Crippen LogP contribution in [-0.2, 0) is 0 Å². The third-order valence-electron chi connectivity index (χ3n) is 7.45. The van der Waals surface area contributed by atoms with Crippen molar-refractivity contribution in [1.29, 1.82) is 0 Å². The molecule has 0 bridgehead atoms. The summed E-state index contributed by atoms with van der Waals surface area (Å²) in [6.45, 7) is 0. The topological polar surface area (TPSA) is 46.9 Å². The summed E-state index contributed by atoms with van der Waals surface area (Å²) in [5.41, 5.74) is 1.77. The van der Waals surface area contributed by atoms with Crippen molar-refractivity contribution in [2.75, 3.05) is 0 Å². The number of amides is 1. The summed E-state index contributed by atoms with van der Waals surface area (Å²) < 4.78 is 29.3. The summed E-state index contributed by atoms with van der Waals surface area (Å²) in [6, 6.07) is 9.87. The largest absolute Gasteiger partial charge is 0.349 e. The van der Waals surface area contributed by atoms with Crippen molar-refractivity contribution in [3.63, 3.8) is 0 Å². The number of nitrogens with one attached hydrogen (secondary N) is 1. The van der Waals surface area contributed by atoms with Crippen molar-refractivity contribution in [3.05, 3.63) is 64.9 Å². The maximum Gasteiger partial charge on any atom is 0.251 e. The van der Waals surface area contributed by atoms with E-state index in [1.165, 1.54) is 18.9 Å². The van der Waals surface area contributed by atoms with E-state index in [9.17, 15) is 13.6 Å². The number of aromatic nitrogens is 2. The lowest BCUT2D eigenvalue weighted by Crippen LogP contribution is -2.39. The van der Waals surface area contributed by atoms with Crippen LogP contribution in [0.2, 0.25) is 5.02 Å². The van der Waals surface area contributed by atoms with Crippen LogP contribution < -0.4 is 5.32 Å². The van der Waals surface area contributed by atoms with Crippen LogP contribution in [0.5, 0.6) is 0 Å². The Labute approximate surface area is 183 Å². The molecule has 2 aromatic carbocycles. The molecule has 3 fully saturated rings. The summed E-state index contributed by atoms with van der Waals surface area (Å²) in [6.07, 6.45) is 6.01. The molecule has 3 saturated carbocycles. The lowest BCUT2D eigenvalue weighted by Gasteiger charge is -2.23. The van der Waals surface area contributed by atoms with E-state index in [4.69, 9.17) is 11.6 Å². The predicted molar refractivity (Wildman–Crippen MR) is 114 cm³/mol. The van der Waals surface area contributed by atoms with E-state index < -0.39 is 11.6 Å². The van der Waals surface area contributed by atoms with E-state index in [2.05, 4.69) is 10.3 Å². The van der Waals surface area contributed by atoms with Gasteiger partial charge in [0.25, 0.3) is 5.91 Å². The average Bonchev–Trinajstić information content (AvgIpc) is 3.63. The lowest BCUT2D eigenvalue weighted by atomic mass is 9.97. The number of fused-ring (bicyclic) bond motifs is 2. The molecule has 0 spiro atoms. The van der Waals surface area contributed by atoms with Crippen molar-refractivity contribution in [2.24, 2.45) is 23.7 Å². The van der Waals surface area contributed by atoms with E-state index in [-0.39, 0.29) is 18.0 Å². The van der Waals surface area contributed by atoms with Gasteiger partial charge in [0.2, 0.25) is 0 Å². The number of hydrogen-bond acceptors (Lipinski definition) is 2. The van der Waals surface area contributed by atoms with Gasteiger partial charge in [0.1, 0.15) is 0 Å². The molecule has 31 heavy (non-hydrogen) atoms. The van der Waals surface area contributed by atoms with Crippen LogP contribution in [0.4, 0.5) is 8.78 Å². The van der Waals surface area contributed by atoms with Gasteiger partial charge in [-0.15, -0.1) is 0 Å². The molecule has 0 saturated heterocycles. The predicted octanol–water partition coefficient (Wildman–Crippen LogP) is 5.37. The van der Waals surface area contributed by atoms with Gasteiger partial charge in [0.15, 0.2) is 11.6 Å². The fourth-order valence-electron chi connectivity index (χ4n) is 5.76. The first-order valence-corrected chi connectivity index (χ1v) is 11.3. The van der Waals surface area contributed by atoms with E-state index in [1.54, 1.807) is 30.6 Å². The molecule has 1 N–H and O–H groups in total. The molecule has 1 aromatic heterocycles. The average molecular weight is 442 g/mol. The van der Waals surface area contributed by atoms with Crippen LogP contribution in [0.25, 0.3) is 11.0 Å². The van der Waals surface area contributed by atoms with Crippen LogP contribution >= 0.6 is 11.6 Å². The number of nitrogens with zero attached hydrogens (tertiary/aromatic N) is 2. The van der Waals surface area contributed by atoms with Crippen molar-refractivity contribution < 1.29 is 13.6 Å². The van der Waals surface area contributed by atoms with Gasteiger partial charge in [-0.1, -0.05) is 11.6 Å². The molecule has 0 aliphatic heterocycles. The Morgan fingerprint density at radius 2 is 1.77 bits per heavy atom. The minimum Gasteiger partial charge on any atom is -0.349 e. The van der Waals surface area contributed by atoms with E-state index >= 15 is 0 Å². The molecule has 1 unspecified atom stereocenters. The molecular weight excluding hydrogens is 420 g/mol. The highest BCUT2D eigenvalue weighted by Crippen LogP contribution is 2.64. The number of carbonyl (C=O) groups is 1. The van der Waals surface area contributed by atoms with Crippen LogP contribution in [-0.4, -0.2) is 21.5 Å². The smallest absolute Gasteiger partial charge is 0.251 e. The number of carbonyl (C=O) groups excluding carboxylic acids is 1. The van der Waals surface area contributed by atoms with Crippen LogP contribution in [0.1, 0.15) is 42.1 Å². The Balaban J connectivity index is 1.16. The third-order valence-corrected chi connectivity index (χ3v) is 7.70. The zero-order valence-electron chi connectivity index (χ0n) is 16.8. The first-order valence-electron chi connectivity index (χ1n) is 10.9. The fourth-order valence-corrected chi connectivity index (χ4v) is 5.88. The third kappa shape index (κ3) is 3.32. The maximum absolute atomic E-state index is 13.8. The second kappa shape index (κ2) is 7.02. The highest BCUT2D eigenvalue weighted by atomic mass is 35.5. The van der Waals surface area contributed by atoms with Crippen molar-refractivity contribution in [1.82, 2.24) is 14.9 Å². The van der Waals surface area contributed by atoms with Gasteiger partial charge in [-0.2, -0.15) is 0 Å². The van der Waals surface area contributed by atoms with E-state index in [0.29, 0.717) is 45.3 Å². The van der Waals surface area contributed by atoms with Crippen molar-refractivity contribution in [2.45, 2.75) is 37.8 Å². The molecule has 1 amide bonds. The van der Waals surface area contributed by atoms with Gasteiger partial charge in [0.05, 0.1) is 17.4 Å². The zero-order valence-corrected chi connectivity index (χ0v) is 17.5. The minimum atomic E-state index is -0.865. The Kier molecular flexibility index (Phi) is 4.36. The molecule has 3 aliphatic rings. The quantitative estimate of drug-likeness (QED) is 0.578. The summed E-state index contributed by atoms with van der Waals surface area (Å²) in [5.74, 6) is 0.450. The maximum atomic E-state index is 13.8. The summed E-state index contributed by atoms with van der Waals surface area (Å²) >= 11 is 5.94. The summed E-state index contributed by atoms with van der Waals surface area (Å²) in [7, 11) is 0. The molecule has 5 atom stereocenters. The van der Waals surface area contributed by atoms with Crippen LogP contribution in [0.15, 0.2) is 42.7 Å². The molecule has 160 valence electrons. The number of rotatable bonds is 5. The minimum absolute atomic E-state index is 0.0341. The van der Waals surface area contributed by atoms with Crippen LogP contribution in [0, 0.1) is 35.3 Å². The second-order valence-electron chi connectivity index (χ2n) is 9.28. The highest BCUT2D eigenvalue weighted by molar-refractivity contribution is 6.30. The molecular formula is C24H22ClF2N3O. The summed E-state index contributed by atoms with van der Waals surface area (Å²) in [4.78, 5) is 17.0. The SMILES string of the molecule is O=C(NC(C1CC1)[C@H]1[C@@H]2C[C@@H](n3cnc4cc(F)c(F)cc43)C[C@@H]21)c1ccc(Cl)cc1. The molecule has 1 heterocycles. The molecule has 3 aromatic rings. The molecule has 0 radical (unpaired) electrons.